The summed E-state index contributed by atoms with van der Waals surface area (Å²) in [6.45, 7) is 4.99. The fraction of sp³-hybridized carbons (Fsp3) is 0.438. The van der Waals surface area contributed by atoms with E-state index in [9.17, 15) is 0 Å². The van der Waals surface area contributed by atoms with Gasteiger partial charge in [-0.25, -0.2) is 4.98 Å². The summed E-state index contributed by atoms with van der Waals surface area (Å²) in [5.41, 5.74) is 2.12. The van der Waals surface area contributed by atoms with Gasteiger partial charge in [-0.3, -0.25) is 0 Å². The maximum Gasteiger partial charge on any atom is 0.127 e. The fourth-order valence-corrected chi connectivity index (χ4v) is 3.24. The summed E-state index contributed by atoms with van der Waals surface area (Å²) in [4.78, 5) is 4.57. The maximum atomic E-state index is 5.52. The average Bonchev–Trinajstić information content (AvgIpc) is 2.91. The second-order valence-corrected chi connectivity index (χ2v) is 5.72. The van der Waals surface area contributed by atoms with Crippen molar-refractivity contribution in [1.29, 1.82) is 0 Å². The molecule has 1 heterocycles. The van der Waals surface area contributed by atoms with Crippen molar-refractivity contribution in [2.75, 3.05) is 20.8 Å². The lowest BCUT2D eigenvalue weighted by atomic mass is 10.0. The fourth-order valence-electron chi connectivity index (χ4n) is 2.42. The molecule has 0 bridgehead atoms. The van der Waals surface area contributed by atoms with Crippen LogP contribution in [0.5, 0.6) is 11.5 Å². The Labute approximate surface area is 130 Å². The van der Waals surface area contributed by atoms with Gasteiger partial charge < -0.3 is 14.8 Å². The SMILES string of the molecule is CCNC(Cc1nc(C)cs1)c1c(OC)cccc1OC. The van der Waals surface area contributed by atoms with Gasteiger partial charge in [0.2, 0.25) is 0 Å². The van der Waals surface area contributed by atoms with E-state index in [4.69, 9.17) is 9.47 Å². The molecule has 0 spiro atoms. The number of ether oxygens (including phenoxy) is 2. The first kappa shape index (κ1) is 15.8. The summed E-state index contributed by atoms with van der Waals surface area (Å²) in [5, 5.41) is 6.71. The largest absolute Gasteiger partial charge is 0.496 e. The number of rotatable bonds is 7. The molecule has 0 saturated heterocycles. The van der Waals surface area contributed by atoms with E-state index in [1.165, 1.54) is 0 Å². The van der Waals surface area contributed by atoms with Crippen molar-refractivity contribution in [3.8, 4) is 11.5 Å². The molecule has 0 aliphatic heterocycles. The Hall–Kier alpha value is -1.59. The van der Waals surface area contributed by atoms with Gasteiger partial charge in [0.05, 0.1) is 24.8 Å². The number of likely N-dealkylation sites (N-methyl/N-ethyl adjacent to an activating group) is 1. The number of benzene rings is 1. The molecule has 4 nitrogen and oxygen atoms in total. The molecule has 0 radical (unpaired) electrons. The third-order valence-electron chi connectivity index (χ3n) is 3.31. The first-order valence-electron chi connectivity index (χ1n) is 7.04. The van der Waals surface area contributed by atoms with Crippen LogP contribution in [0.25, 0.3) is 0 Å². The molecule has 1 N–H and O–H groups in total. The highest BCUT2D eigenvalue weighted by Crippen LogP contribution is 2.35. The molecule has 2 rings (SSSR count). The molecule has 2 aromatic rings. The van der Waals surface area contributed by atoms with Crippen molar-refractivity contribution < 1.29 is 9.47 Å². The third-order valence-corrected chi connectivity index (χ3v) is 4.30. The van der Waals surface area contributed by atoms with Crippen LogP contribution in [-0.2, 0) is 6.42 Å². The van der Waals surface area contributed by atoms with Gasteiger partial charge in [0.1, 0.15) is 11.5 Å². The summed E-state index contributed by atoms with van der Waals surface area (Å²) in [6, 6.07) is 5.99. The molecule has 0 aliphatic carbocycles. The highest BCUT2D eigenvalue weighted by atomic mass is 32.1. The number of aromatic nitrogens is 1. The molecular formula is C16H22N2O2S. The Balaban J connectivity index is 2.37. The maximum absolute atomic E-state index is 5.52. The summed E-state index contributed by atoms with van der Waals surface area (Å²) in [7, 11) is 3.38. The minimum Gasteiger partial charge on any atom is -0.496 e. The number of aryl methyl sites for hydroxylation is 1. The van der Waals surface area contributed by atoms with Crippen LogP contribution >= 0.6 is 11.3 Å². The quantitative estimate of drug-likeness (QED) is 0.852. The van der Waals surface area contributed by atoms with E-state index in [1.54, 1.807) is 25.6 Å². The molecule has 114 valence electrons. The van der Waals surface area contributed by atoms with Gasteiger partial charge in [-0.15, -0.1) is 11.3 Å². The monoisotopic (exact) mass is 306 g/mol. The Morgan fingerprint density at radius 3 is 2.38 bits per heavy atom. The third kappa shape index (κ3) is 3.74. The van der Waals surface area contributed by atoms with E-state index in [0.717, 1.165) is 40.7 Å². The normalized spacial score (nSPS) is 12.2. The number of nitrogens with one attached hydrogen (secondary N) is 1. The van der Waals surface area contributed by atoms with Crippen molar-refractivity contribution in [2.45, 2.75) is 26.3 Å². The Morgan fingerprint density at radius 2 is 1.90 bits per heavy atom. The molecule has 5 heteroatoms. The molecule has 0 fully saturated rings. The van der Waals surface area contributed by atoms with Crippen molar-refractivity contribution in [1.82, 2.24) is 10.3 Å². The van der Waals surface area contributed by atoms with Crippen LogP contribution in [-0.4, -0.2) is 25.7 Å². The molecular weight excluding hydrogens is 284 g/mol. The Kier molecular flexibility index (Phi) is 5.59. The lowest BCUT2D eigenvalue weighted by Crippen LogP contribution is -2.24. The molecule has 1 aromatic carbocycles. The lowest BCUT2D eigenvalue weighted by Gasteiger charge is -2.22. The van der Waals surface area contributed by atoms with Crippen LogP contribution in [0.1, 0.15) is 29.2 Å². The van der Waals surface area contributed by atoms with Crippen LogP contribution in [0.15, 0.2) is 23.6 Å². The van der Waals surface area contributed by atoms with Gasteiger partial charge in [-0.2, -0.15) is 0 Å². The number of nitrogens with zero attached hydrogens (tertiary/aromatic N) is 1. The van der Waals surface area contributed by atoms with E-state index < -0.39 is 0 Å². The first-order chi connectivity index (χ1) is 10.2. The molecule has 1 unspecified atom stereocenters. The minimum atomic E-state index is 0.117. The van der Waals surface area contributed by atoms with E-state index in [-0.39, 0.29) is 6.04 Å². The van der Waals surface area contributed by atoms with Crippen LogP contribution < -0.4 is 14.8 Å². The van der Waals surface area contributed by atoms with Crippen molar-refractivity contribution in [3.05, 3.63) is 39.8 Å². The Morgan fingerprint density at radius 1 is 1.24 bits per heavy atom. The average molecular weight is 306 g/mol. The molecule has 0 aliphatic rings. The second kappa shape index (κ2) is 7.43. The summed E-state index contributed by atoms with van der Waals surface area (Å²) in [6.07, 6.45) is 0.823. The van der Waals surface area contributed by atoms with E-state index in [1.807, 2.05) is 25.1 Å². The van der Waals surface area contributed by atoms with Gasteiger partial charge in [0.15, 0.2) is 0 Å². The zero-order chi connectivity index (χ0) is 15.2. The van der Waals surface area contributed by atoms with Gasteiger partial charge in [0.25, 0.3) is 0 Å². The van der Waals surface area contributed by atoms with Crippen LogP contribution in [0.4, 0.5) is 0 Å². The summed E-state index contributed by atoms with van der Waals surface area (Å²) < 4.78 is 11.0. The van der Waals surface area contributed by atoms with Gasteiger partial charge >= 0.3 is 0 Å². The highest BCUT2D eigenvalue weighted by molar-refractivity contribution is 7.09. The van der Waals surface area contributed by atoms with E-state index in [2.05, 4.69) is 22.6 Å². The summed E-state index contributed by atoms with van der Waals surface area (Å²) in [5.74, 6) is 1.68. The highest BCUT2D eigenvalue weighted by Gasteiger charge is 2.21. The number of methoxy groups -OCH3 is 2. The number of hydrogen-bond donors (Lipinski definition) is 1. The van der Waals surface area contributed by atoms with Crippen LogP contribution in [0.3, 0.4) is 0 Å². The molecule has 1 aromatic heterocycles. The predicted molar refractivity (Wildman–Crippen MR) is 86.5 cm³/mol. The van der Waals surface area contributed by atoms with Gasteiger partial charge in [-0.05, 0) is 25.6 Å². The topological polar surface area (TPSA) is 43.4 Å². The minimum absolute atomic E-state index is 0.117. The van der Waals surface area contributed by atoms with E-state index >= 15 is 0 Å². The number of hydrogen-bond acceptors (Lipinski definition) is 5. The van der Waals surface area contributed by atoms with Crippen molar-refractivity contribution >= 4 is 11.3 Å². The summed E-state index contributed by atoms with van der Waals surface area (Å²) >= 11 is 1.69. The molecule has 0 amide bonds. The van der Waals surface area contributed by atoms with Crippen LogP contribution in [0, 0.1) is 6.92 Å². The number of thiazole rings is 1. The molecule has 21 heavy (non-hydrogen) atoms. The zero-order valence-electron chi connectivity index (χ0n) is 13.0. The zero-order valence-corrected chi connectivity index (χ0v) is 13.8. The predicted octanol–water partition coefficient (Wildman–Crippen LogP) is 3.36. The van der Waals surface area contributed by atoms with Crippen molar-refractivity contribution in [3.63, 3.8) is 0 Å². The van der Waals surface area contributed by atoms with Gasteiger partial charge in [0, 0.05) is 23.5 Å². The molecule has 1 atom stereocenters. The van der Waals surface area contributed by atoms with Crippen LogP contribution in [0.2, 0.25) is 0 Å². The van der Waals surface area contributed by atoms with Crippen molar-refractivity contribution in [2.24, 2.45) is 0 Å². The second-order valence-electron chi connectivity index (χ2n) is 4.77. The van der Waals surface area contributed by atoms with Gasteiger partial charge in [-0.1, -0.05) is 13.0 Å². The molecule has 0 saturated carbocycles. The first-order valence-corrected chi connectivity index (χ1v) is 7.92. The smallest absolute Gasteiger partial charge is 0.127 e. The Bertz CT molecular complexity index is 561. The lowest BCUT2D eigenvalue weighted by molar-refractivity contribution is 0.370. The van der Waals surface area contributed by atoms with E-state index in [0.29, 0.717) is 0 Å². The standard InChI is InChI=1S/C16H22N2O2S/c1-5-17-12(9-15-18-11(2)10-21-15)16-13(19-3)7-6-8-14(16)20-4/h6-8,10,12,17H,5,9H2,1-4H3.